The van der Waals surface area contributed by atoms with E-state index in [1.165, 1.54) is 24.3 Å². The second kappa shape index (κ2) is 16.8. The summed E-state index contributed by atoms with van der Waals surface area (Å²) in [7, 11) is 0. The molecule has 0 saturated carbocycles. The van der Waals surface area contributed by atoms with E-state index < -0.39 is 12.0 Å². The fourth-order valence-corrected chi connectivity index (χ4v) is 4.88. The van der Waals surface area contributed by atoms with Crippen LogP contribution in [0.1, 0.15) is 93.9 Å². The van der Waals surface area contributed by atoms with Crippen molar-refractivity contribution in [1.29, 1.82) is 0 Å². The Morgan fingerprint density at radius 3 is 2.08 bits per heavy atom. The molecule has 2 rings (SSSR count). The molecule has 8 heteroatoms. The van der Waals surface area contributed by atoms with E-state index in [4.69, 9.17) is 5.73 Å². The third-order valence-corrected chi connectivity index (χ3v) is 7.41. The van der Waals surface area contributed by atoms with Crippen molar-refractivity contribution in [3.05, 3.63) is 65.5 Å². The predicted molar refractivity (Wildman–Crippen MR) is 160 cm³/mol. The molecule has 220 valence electrons. The summed E-state index contributed by atoms with van der Waals surface area (Å²) in [5, 5.41) is 5.92. The average molecular weight is 555 g/mol. The van der Waals surface area contributed by atoms with Gasteiger partial charge in [-0.15, -0.1) is 0 Å². The lowest BCUT2D eigenvalue weighted by Crippen LogP contribution is -2.50. The molecule has 3 amide bonds. The van der Waals surface area contributed by atoms with E-state index >= 15 is 0 Å². The molecule has 4 N–H and O–H groups in total. The second-order valence-corrected chi connectivity index (χ2v) is 10.7. The smallest absolute Gasteiger partial charge is 0.253 e. The van der Waals surface area contributed by atoms with Crippen LogP contribution in [0.3, 0.4) is 0 Å². The van der Waals surface area contributed by atoms with Gasteiger partial charge in [0, 0.05) is 47.9 Å². The highest BCUT2D eigenvalue weighted by molar-refractivity contribution is 5.99. The summed E-state index contributed by atoms with van der Waals surface area (Å²) in [5.74, 6) is -1.02. The number of halogens is 1. The van der Waals surface area contributed by atoms with Crippen LogP contribution in [0.25, 0.3) is 0 Å². The first kappa shape index (κ1) is 32.9. The minimum atomic E-state index is -0.465. The number of amides is 3. The van der Waals surface area contributed by atoms with Crippen molar-refractivity contribution in [3.63, 3.8) is 0 Å². The van der Waals surface area contributed by atoms with Gasteiger partial charge in [0.05, 0.1) is 0 Å². The molecule has 0 fully saturated rings. The fraction of sp³-hybridized carbons (Fsp3) is 0.531. The summed E-state index contributed by atoms with van der Waals surface area (Å²) in [5.41, 5.74) is 8.04. The van der Waals surface area contributed by atoms with Crippen LogP contribution in [0.4, 0.5) is 10.1 Å². The molecule has 0 aliphatic carbocycles. The lowest BCUT2D eigenvalue weighted by molar-refractivity contribution is -0.119. The topological polar surface area (TPSA) is 105 Å². The Balaban J connectivity index is 2.16. The minimum Gasteiger partial charge on any atom is -0.348 e. The lowest BCUT2D eigenvalue weighted by atomic mass is 9.87. The van der Waals surface area contributed by atoms with Crippen LogP contribution in [-0.2, 0) is 4.79 Å². The molecule has 0 bridgehead atoms. The highest BCUT2D eigenvalue weighted by Crippen LogP contribution is 2.21. The van der Waals surface area contributed by atoms with Crippen LogP contribution in [0.2, 0.25) is 0 Å². The van der Waals surface area contributed by atoms with Crippen molar-refractivity contribution in [3.8, 4) is 0 Å². The Hall–Kier alpha value is -3.26. The lowest BCUT2D eigenvalue weighted by Gasteiger charge is -2.30. The van der Waals surface area contributed by atoms with Crippen molar-refractivity contribution in [2.24, 2.45) is 17.6 Å². The van der Waals surface area contributed by atoms with Crippen LogP contribution in [-0.4, -0.2) is 47.8 Å². The summed E-state index contributed by atoms with van der Waals surface area (Å²) in [4.78, 5) is 41.1. The standard InChI is InChI=1S/C32H47FN4O3/c1-6-17-37(18-7-2)32(40)25-12-10-11-24(21-25)31(39)36-29(20-23(8-3)9-4)28(34)19-22(5)30(38)35-27-15-13-26(33)14-16-27/h10-16,21-23,28-29H,6-9,17-20,34H2,1-5H3,(H,35,38)(H,36,39)/t22-,28+,29+/m1/s1. The molecule has 0 spiro atoms. The van der Waals surface area contributed by atoms with E-state index in [9.17, 15) is 18.8 Å². The fourth-order valence-electron chi connectivity index (χ4n) is 4.88. The molecule has 0 radical (unpaired) electrons. The molecule has 2 aromatic carbocycles. The number of hydrogen-bond acceptors (Lipinski definition) is 4. The molecule has 0 heterocycles. The first-order valence-electron chi connectivity index (χ1n) is 14.6. The maximum atomic E-state index is 13.4. The largest absolute Gasteiger partial charge is 0.348 e. The molecule has 3 atom stereocenters. The van der Waals surface area contributed by atoms with E-state index in [0.29, 0.717) is 48.7 Å². The monoisotopic (exact) mass is 554 g/mol. The summed E-state index contributed by atoms with van der Waals surface area (Å²) < 4.78 is 13.2. The van der Waals surface area contributed by atoms with Crippen molar-refractivity contribution < 1.29 is 18.8 Å². The van der Waals surface area contributed by atoms with E-state index in [0.717, 1.165) is 25.7 Å². The second-order valence-electron chi connectivity index (χ2n) is 10.7. The molecule has 0 unspecified atom stereocenters. The van der Waals surface area contributed by atoms with Gasteiger partial charge in [-0.3, -0.25) is 14.4 Å². The van der Waals surface area contributed by atoms with Crippen LogP contribution in [0.5, 0.6) is 0 Å². The number of carbonyl (C=O) groups excluding carboxylic acids is 3. The molecule has 0 aromatic heterocycles. The van der Waals surface area contributed by atoms with Crippen molar-refractivity contribution >= 4 is 23.4 Å². The number of carbonyl (C=O) groups is 3. The van der Waals surface area contributed by atoms with Gasteiger partial charge < -0.3 is 21.3 Å². The van der Waals surface area contributed by atoms with Crippen LogP contribution < -0.4 is 16.4 Å². The Morgan fingerprint density at radius 1 is 0.900 bits per heavy atom. The minimum absolute atomic E-state index is 0.0791. The Bertz CT molecular complexity index is 1080. The third kappa shape index (κ3) is 10.0. The van der Waals surface area contributed by atoms with Crippen LogP contribution >= 0.6 is 0 Å². The first-order chi connectivity index (χ1) is 19.1. The van der Waals surface area contributed by atoms with Gasteiger partial charge in [0.15, 0.2) is 0 Å². The van der Waals surface area contributed by atoms with E-state index in [1.807, 2.05) is 18.7 Å². The molecular weight excluding hydrogens is 507 g/mol. The van der Waals surface area contributed by atoms with Gasteiger partial charge in [-0.05, 0) is 74.1 Å². The number of nitrogens with zero attached hydrogens (tertiary/aromatic N) is 1. The molecular formula is C32H47FN4O3. The van der Waals surface area contributed by atoms with E-state index in [-0.39, 0.29) is 29.6 Å². The zero-order valence-corrected chi connectivity index (χ0v) is 24.7. The first-order valence-corrected chi connectivity index (χ1v) is 14.6. The molecule has 0 aliphatic rings. The Kier molecular flexibility index (Phi) is 13.8. The van der Waals surface area contributed by atoms with Gasteiger partial charge in [-0.25, -0.2) is 4.39 Å². The summed E-state index contributed by atoms with van der Waals surface area (Å²) in [6, 6.07) is 11.6. The van der Waals surface area contributed by atoms with Gasteiger partial charge >= 0.3 is 0 Å². The van der Waals surface area contributed by atoms with Crippen molar-refractivity contribution in [2.45, 2.75) is 85.2 Å². The van der Waals surface area contributed by atoms with Gasteiger partial charge in [-0.2, -0.15) is 0 Å². The zero-order valence-electron chi connectivity index (χ0n) is 24.7. The van der Waals surface area contributed by atoms with Crippen molar-refractivity contribution in [1.82, 2.24) is 10.2 Å². The maximum Gasteiger partial charge on any atom is 0.253 e. The van der Waals surface area contributed by atoms with Crippen LogP contribution in [0.15, 0.2) is 48.5 Å². The number of rotatable bonds is 16. The van der Waals surface area contributed by atoms with Crippen molar-refractivity contribution in [2.75, 3.05) is 18.4 Å². The summed E-state index contributed by atoms with van der Waals surface area (Å²) in [6.45, 7) is 11.4. The van der Waals surface area contributed by atoms with E-state index in [2.05, 4.69) is 24.5 Å². The zero-order chi connectivity index (χ0) is 29.7. The Labute approximate surface area is 239 Å². The predicted octanol–water partition coefficient (Wildman–Crippen LogP) is 6.00. The molecule has 0 aliphatic heterocycles. The SMILES string of the molecule is CCCN(CCC)C(=O)c1cccc(C(=O)N[C@@H](CC(CC)CC)[C@@H](N)C[C@@H](C)C(=O)Nc2ccc(F)cc2)c1. The number of anilines is 1. The molecule has 2 aromatic rings. The van der Waals surface area contributed by atoms with Gasteiger partial charge in [0.2, 0.25) is 5.91 Å². The van der Waals surface area contributed by atoms with Crippen LogP contribution in [0, 0.1) is 17.7 Å². The number of nitrogens with one attached hydrogen (secondary N) is 2. The van der Waals surface area contributed by atoms with Gasteiger partial charge in [0.25, 0.3) is 11.8 Å². The quantitative estimate of drug-likeness (QED) is 0.237. The number of nitrogens with two attached hydrogens (primary N) is 1. The maximum absolute atomic E-state index is 13.4. The Morgan fingerprint density at radius 2 is 1.50 bits per heavy atom. The highest BCUT2D eigenvalue weighted by atomic mass is 19.1. The van der Waals surface area contributed by atoms with E-state index in [1.54, 1.807) is 31.2 Å². The third-order valence-electron chi connectivity index (χ3n) is 7.41. The van der Waals surface area contributed by atoms with Gasteiger partial charge in [-0.1, -0.05) is 53.5 Å². The van der Waals surface area contributed by atoms with Gasteiger partial charge in [0.1, 0.15) is 5.82 Å². The number of hydrogen-bond donors (Lipinski definition) is 3. The highest BCUT2D eigenvalue weighted by Gasteiger charge is 2.27. The number of benzene rings is 2. The summed E-state index contributed by atoms with van der Waals surface area (Å²) in [6.07, 6.45) is 4.67. The average Bonchev–Trinajstić information content (AvgIpc) is 2.95. The molecule has 40 heavy (non-hydrogen) atoms. The molecule has 0 saturated heterocycles. The normalized spacial score (nSPS) is 13.4. The molecule has 7 nitrogen and oxygen atoms in total. The summed E-state index contributed by atoms with van der Waals surface area (Å²) >= 11 is 0.